The molecule has 0 saturated heterocycles. The molecular formula is C10H14ClF3N2O3S. The van der Waals surface area contributed by atoms with Gasteiger partial charge in [0.1, 0.15) is 17.2 Å². The standard InChI is InChI=1S/C10H14ClF3N2O3S/c1-2-3-4-16-5-9(20(11,17)18)8(15-16)6-19-7-10(12,13)14/h5H,2-4,6-7H2,1H3. The number of hydrogen-bond acceptors (Lipinski definition) is 4. The first-order valence-corrected chi connectivity index (χ1v) is 8.10. The Kier molecular flexibility index (Phi) is 5.84. The Balaban J connectivity index is 2.84. The number of alkyl halides is 3. The van der Waals surface area contributed by atoms with Crippen LogP contribution < -0.4 is 0 Å². The van der Waals surface area contributed by atoms with Crippen molar-refractivity contribution < 1.29 is 26.3 Å². The molecule has 1 rings (SSSR count). The van der Waals surface area contributed by atoms with Crippen LogP contribution in [0.2, 0.25) is 0 Å². The van der Waals surface area contributed by atoms with Crippen molar-refractivity contribution in [3.63, 3.8) is 0 Å². The Hall–Kier alpha value is -0.800. The van der Waals surface area contributed by atoms with E-state index in [-0.39, 0.29) is 10.6 Å². The highest BCUT2D eigenvalue weighted by atomic mass is 35.7. The van der Waals surface area contributed by atoms with E-state index >= 15 is 0 Å². The highest BCUT2D eigenvalue weighted by Crippen LogP contribution is 2.21. The molecule has 1 heterocycles. The molecule has 20 heavy (non-hydrogen) atoms. The van der Waals surface area contributed by atoms with Gasteiger partial charge in [0.15, 0.2) is 0 Å². The van der Waals surface area contributed by atoms with Gasteiger partial charge in [-0.25, -0.2) is 8.42 Å². The third-order valence-corrected chi connectivity index (χ3v) is 3.67. The van der Waals surface area contributed by atoms with E-state index in [1.54, 1.807) is 0 Å². The summed E-state index contributed by atoms with van der Waals surface area (Å²) in [5.74, 6) is 0. The molecule has 0 radical (unpaired) electrons. The quantitative estimate of drug-likeness (QED) is 0.719. The molecule has 0 atom stereocenters. The van der Waals surface area contributed by atoms with E-state index in [4.69, 9.17) is 10.7 Å². The zero-order valence-corrected chi connectivity index (χ0v) is 12.2. The summed E-state index contributed by atoms with van der Waals surface area (Å²) in [5, 5.41) is 3.89. The fourth-order valence-corrected chi connectivity index (χ4v) is 2.46. The van der Waals surface area contributed by atoms with Gasteiger partial charge in [0.2, 0.25) is 0 Å². The van der Waals surface area contributed by atoms with Crippen molar-refractivity contribution in [1.82, 2.24) is 9.78 Å². The van der Waals surface area contributed by atoms with E-state index in [1.165, 1.54) is 10.9 Å². The number of hydrogen-bond donors (Lipinski definition) is 0. The first kappa shape index (κ1) is 17.3. The van der Waals surface area contributed by atoms with Crippen molar-refractivity contribution in [3.8, 4) is 0 Å². The Labute approximate surface area is 119 Å². The average Bonchev–Trinajstić information content (AvgIpc) is 2.67. The van der Waals surface area contributed by atoms with Gasteiger partial charge in [-0.15, -0.1) is 0 Å². The van der Waals surface area contributed by atoms with E-state index in [9.17, 15) is 21.6 Å². The van der Waals surface area contributed by atoms with Crippen molar-refractivity contribution >= 4 is 19.7 Å². The highest BCUT2D eigenvalue weighted by Gasteiger charge is 2.28. The van der Waals surface area contributed by atoms with Gasteiger partial charge in [0, 0.05) is 23.4 Å². The van der Waals surface area contributed by atoms with Gasteiger partial charge in [0.05, 0.1) is 6.61 Å². The first-order valence-electron chi connectivity index (χ1n) is 5.79. The van der Waals surface area contributed by atoms with Crippen LogP contribution in [0.3, 0.4) is 0 Å². The number of unbranched alkanes of at least 4 members (excludes halogenated alkanes) is 1. The molecule has 0 aliphatic carbocycles. The smallest absolute Gasteiger partial charge is 0.366 e. The fraction of sp³-hybridized carbons (Fsp3) is 0.700. The predicted molar refractivity (Wildman–Crippen MR) is 65.9 cm³/mol. The van der Waals surface area contributed by atoms with Crippen LogP contribution in [0.15, 0.2) is 11.1 Å². The largest absolute Gasteiger partial charge is 0.411 e. The van der Waals surface area contributed by atoms with Crippen LogP contribution in [-0.4, -0.2) is 31.0 Å². The fourth-order valence-electron chi connectivity index (χ4n) is 1.44. The third-order valence-electron chi connectivity index (χ3n) is 2.31. The lowest BCUT2D eigenvalue weighted by Crippen LogP contribution is -2.17. The lowest BCUT2D eigenvalue weighted by Gasteiger charge is -2.06. The van der Waals surface area contributed by atoms with Gasteiger partial charge in [-0.1, -0.05) is 13.3 Å². The molecule has 0 saturated carbocycles. The second kappa shape index (κ2) is 6.77. The van der Waals surface area contributed by atoms with Gasteiger partial charge in [0.25, 0.3) is 9.05 Å². The number of rotatable bonds is 7. The zero-order valence-electron chi connectivity index (χ0n) is 10.7. The Morgan fingerprint density at radius 2 is 2.10 bits per heavy atom. The second-order valence-electron chi connectivity index (χ2n) is 4.10. The van der Waals surface area contributed by atoms with E-state index in [0.717, 1.165) is 12.8 Å². The molecule has 0 bridgehead atoms. The summed E-state index contributed by atoms with van der Waals surface area (Å²) in [5.41, 5.74) is -0.125. The maximum absolute atomic E-state index is 12.0. The van der Waals surface area contributed by atoms with Gasteiger partial charge >= 0.3 is 6.18 Å². The Bertz CT molecular complexity index is 542. The number of halogens is 4. The van der Waals surface area contributed by atoms with E-state index in [0.29, 0.717) is 6.54 Å². The van der Waals surface area contributed by atoms with E-state index in [2.05, 4.69) is 9.84 Å². The van der Waals surface area contributed by atoms with Gasteiger partial charge in [-0.2, -0.15) is 18.3 Å². The van der Waals surface area contributed by atoms with E-state index in [1.807, 2.05) is 6.92 Å². The molecule has 0 aliphatic rings. The summed E-state index contributed by atoms with van der Waals surface area (Å²) in [4.78, 5) is -0.322. The molecule has 0 aliphatic heterocycles. The van der Waals surface area contributed by atoms with Crippen molar-refractivity contribution in [2.45, 2.75) is 44.0 Å². The van der Waals surface area contributed by atoms with E-state index < -0.39 is 28.4 Å². The summed E-state index contributed by atoms with van der Waals surface area (Å²) in [7, 11) is 1.15. The summed E-state index contributed by atoms with van der Waals surface area (Å²) in [6, 6.07) is 0. The molecule has 5 nitrogen and oxygen atoms in total. The average molecular weight is 335 g/mol. The van der Waals surface area contributed by atoms with Crippen molar-refractivity contribution in [2.75, 3.05) is 6.61 Å². The second-order valence-corrected chi connectivity index (χ2v) is 6.64. The highest BCUT2D eigenvalue weighted by molar-refractivity contribution is 8.13. The normalized spacial score (nSPS) is 12.8. The number of aryl methyl sites for hydroxylation is 1. The molecule has 0 spiro atoms. The minimum atomic E-state index is -4.48. The van der Waals surface area contributed by atoms with Gasteiger partial charge in [-0.3, -0.25) is 4.68 Å². The van der Waals surface area contributed by atoms with Gasteiger partial charge < -0.3 is 4.74 Å². The van der Waals surface area contributed by atoms with Crippen LogP contribution in [0.1, 0.15) is 25.5 Å². The molecule has 0 amide bonds. The summed E-state index contributed by atoms with van der Waals surface area (Å²) in [6.07, 6.45) is -1.66. The Morgan fingerprint density at radius 3 is 2.60 bits per heavy atom. The summed E-state index contributed by atoms with van der Waals surface area (Å²) >= 11 is 0. The first-order chi connectivity index (χ1) is 9.13. The van der Waals surface area contributed by atoms with Crippen molar-refractivity contribution in [1.29, 1.82) is 0 Å². The predicted octanol–water partition coefficient (Wildman–Crippen LogP) is 2.69. The molecule has 1 aromatic rings. The molecule has 0 aromatic carbocycles. The van der Waals surface area contributed by atoms with Crippen LogP contribution in [0.5, 0.6) is 0 Å². The van der Waals surface area contributed by atoms with Crippen molar-refractivity contribution in [3.05, 3.63) is 11.9 Å². The van der Waals surface area contributed by atoms with Crippen LogP contribution in [0.4, 0.5) is 13.2 Å². The molecule has 0 unspecified atom stereocenters. The minimum Gasteiger partial charge on any atom is -0.366 e. The molecule has 0 fully saturated rings. The van der Waals surface area contributed by atoms with Crippen LogP contribution in [0, 0.1) is 0 Å². The molecular weight excluding hydrogens is 321 g/mol. The molecule has 10 heteroatoms. The monoisotopic (exact) mass is 334 g/mol. The van der Waals surface area contributed by atoms with Crippen LogP contribution in [-0.2, 0) is 26.9 Å². The Morgan fingerprint density at radius 1 is 1.45 bits per heavy atom. The van der Waals surface area contributed by atoms with Gasteiger partial charge in [-0.05, 0) is 6.42 Å². The summed E-state index contributed by atoms with van der Waals surface area (Å²) < 4.78 is 64.3. The zero-order chi connectivity index (χ0) is 15.4. The maximum Gasteiger partial charge on any atom is 0.411 e. The molecule has 0 N–H and O–H groups in total. The number of nitrogens with zero attached hydrogens (tertiary/aromatic N) is 2. The topological polar surface area (TPSA) is 61.2 Å². The maximum atomic E-state index is 12.0. The molecule has 116 valence electrons. The third kappa shape index (κ3) is 5.68. The van der Waals surface area contributed by atoms with Crippen LogP contribution >= 0.6 is 10.7 Å². The number of ether oxygens (including phenoxy) is 1. The number of aromatic nitrogens is 2. The SMILES string of the molecule is CCCCn1cc(S(=O)(=O)Cl)c(COCC(F)(F)F)n1. The van der Waals surface area contributed by atoms with Crippen LogP contribution in [0.25, 0.3) is 0 Å². The lowest BCUT2D eigenvalue weighted by molar-refractivity contribution is -0.177. The van der Waals surface area contributed by atoms with Crippen molar-refractivity contribution in [2.24, 2.45) is 0 Å². The minimum absolute atomic E-state index is 0.125. The summed E-state index contributed by atoms with van der Waals surface area (Å²) in [6.45, 7) is 0.349. The lowest BCUT2D eigenvalue weighted by atomic mass is 10.3. The molecule has 1 aromatic heterocycles.